The van der Waals surface area contributed by atoms with Crippen LogP contribution in [0.25, 0.3) is 0 Å². The van der Waals surface area contributed by atoms with E-state index in [1.165, 1.54) is 11.1 Å². The van der Waals surface area contributed by atoms with Crippen LogP contribution < -0.4 is 10.1 Å². The van der Waals surface area contributed by atoms with Crippen LogP contribution in [0.4, 0.5) is 0 Å². The summed E-state index contributed by atoms with van der Waals surface area (Å²) in [5.74, 6) is 1.41. The molecular formula is C20H30ClNO2. The molecule has 3 aliphatic rings. The quantitative estimate of drug-likeness (QED) is 0.752. The van der Waals surface area contributed by atoms with E-state index in [9.17, 15) is 0 Å². The number of rotatable bonds is 0. The Morgan fingerprint density at radius 2 is 1.96 bits per heavy atom. The molecule has 0 radical (unpaired) electrons. The van der Waals surface area contributed by atoms with Crippen molar-refractivity contribution in [2.75, 3.05) is 6.54 Å². The second-order valence-electron chi connectivity index (χ2n) is 8.99. The Morgan fingerprint density at radius 3 is 2.67 bits per heavy atom. The fraction of sp³-hybridized carbons (Fsp3) is 0.700. The molecule has 2 saturated heterocycles. The summed E-state index contributed by atoms with van der Waals surface area (Å²) in [6.07, 6.45) is 2.79. The second-order valence-corrected chi connectivity index (χ2v) is 8.99. The van der Waals surface area contributed by atoms with Gasteiger partial charge in [0, 0.05) is 17.5 Å². The van der Waals surface area contributed by atoms with E-state index in [2.05, 4.69) is 58.1 Å². The van der Waals surface area contributed by atoms with Crippen LogP contribution in [0.15, 0.2) is 18.2 Å². The van der Waals surface area contributed by atoms with Crippen LogP contribution in [-0.2, 0) is 10.2 Å². The van der Waals surface area contributed by atoms with Crippen molar-refractivity contribution in [2.45, 2.75) is 76.7 Å². The average molecular weight is 352 g/mol. The highest BCUT2D eigenvalue weighted by Gasteiger charge is 2.51. The van der Waals surface area contributed by atoms with Crippen molar-refractivity contribution in [3.63, 3.8) is 0 Å². The normalized spacial score (nSPS) is 33.5. The molecule has 0 spiro atoms. The van der Waals surface area contributed by atoms with Gasteiger partial charge >= 0.3 is 0 Å². The monoisotopic (exact) mass is 351 g/mol. The van der Waals surface area contributed by atoms with Gasteiger partial charge in [0.05, 0.1) is 12.2 Å². The van der Waals surface area contributed by atoms with E-state index in [1.54, 1.807) is 0 Å². The van der Waals surface area contributed by atoms with Crippen molar-refractivity contribution in [1.82, 2.24) is 5.32 Å². The molecule has 0 unspecified atom stereocenters. The maximum atomic E-state index is 6.60. The van der Waals surface area contributed by atoms with Crippen LogP contribution in [-0.4, -0.2) is 24.3 Å². The highest BCUT2D eigenvalue weighted by atomic mass is 35.5. The van der Waals surface area contributed by atoms with Gasteiger partial charge in [-0.05, 0) is 56.3 Å². The van der Waals surface area contributed by atoms with Crippen molar-refractivity contribution in [3.05, 3.63) is 29.3 Å². The zero-order chi connectivity index (χ0) is 16.4. The summed E-state index contributed by atoms with van der Waals surface area (Å²) in [7, 11) is 0. The van der Waals surface area contributed by atoms with Crippen molar-refractivity contribution >= 4 is 12.4 Å². The Morgan fingerprint density at radius 1 is 1.21 bits per heavy atom. The Balaban J connectivity index is 0.00000169. The van der Waals surface area contributed by atoms with Crippen molar-refractivity contribution in [2.24, 2.45) is 5.92 Å². The van der Waals surface area contributed by atoms with Gasteiger partial charge in [-0.1, -0.05) is 26.8 Å². The largest absolute Gasteiger partial charge is 0.487 e. The number of nitrogens with one attached hydrogen (secondary N) is 1. The van der Waals surface area contributed by atoms with Crippen LogP contribution in [0, 0.1) is 5.92 Å². The van der Waals surface area contributed by atoms with Gasteiger partial charge in [-0.25, -0.2) is 0 Å². The third-order valence-corrected chi connectivity index (χ3v) is 5.93. The lowest BCUT2D eigenvalue weighted by molar-refractivity contribution is -0.152. The molecule has 4 heteroatoms. The maximum Gasteiger partial charge on any atom is 0.125 e. The lowest BCUT2D eigenvalue weighted by atomic mass is 9.73. The first-order valence-electron chi connectivity index (χ1n) is 8.98. The van der Waals surface area contributed by atoms with Gasteiger partial charge in [0.1, 0.15) is 11.4 Å². The van der Waals surface area contributed by atoms with E-state index in [1.807, 2.05) is 0 Å². The second kappa shape index (κ2) is 5.89. The minimum absolute atomic E-state index is 0. The van der Waals surface area contributed by atoms with Crippen LogP contribution in [0.2, 0.25) is 0 Å². The number of halogens is 1. The number of fused-ring (bicyclic) bond motifs is 4. The molecule has 0 aliphatic carbocycles. The zero-order valence-corrected chi connectivity index (χ0v) is 16.2. The minimum atomic E-state index is -0.184. The highest BCUT2D eigenvalue weighted by Crippen LogP contribution is 2.52. The molecule has 3 aliphatic heterocycles. The first kappa shape index (κ1) is 18.0. The van der Waals surface area contributed by atoms with Gasteiger partial charge in [0.25, 0.3) is 0 Å². The molecule has 1 aromatic rings. The van der Waals surface area contributed by atoms with Gasteiger partial charge < -0.3 is 14.8 Å². The third-order valence-electron chi connectivity index (χ3n) is 5.93. The molecule has 24 heavy (non-hydrogen) atoms. The van der Waals surface area contributed by atoms with Crippen LogP contribution in [0.3, 0.4) is 0 Å². The molecule has 1 aromatic carbocycles. The predicted molar refractivity (Wildman–Crippen MR) is 99.2 cm³/mol. The summed E-state index contributed by atoms with van der Waals surface area (Å²) < 4.78 is 13.0. The molecule has 0 aromatic heterocycles. The highest BCUT2D eigenvalue weighted by molar-refractivity contribution is 5.85. The molecule has 3 nitrogen and oxygen atoms in total. The lowest BCUT2D eigenvalue weighted by Crippen LogP contribution is -2.53. The zero-order valence-electron chi connectivity index (χ0n) is 15.4. The predicted octanol–water partition coefficient (Wildman–Crippen LogP) is 4.39. The summed E-state index contributed by atoms with van der Waals surface area (Å²) in [4.78, 5) is 0. The Kier molecular flexibility index (Phi) is 4.43. The van der Waals surface area contributed by atoms with E-state index in [-0.39, 0.29) is 29.5 Å². The third kappa shape index (κ3) is 2.85. The first-order chi connectivity index (χ1) is 10.8. The molecule has 2 fully saturated rings. The Hall–Kier alpha value is -0.770. The number of hydrogen-bond donors (Lipinski definition) is 1. The summed E-state index contributed by atoms with van der Waals surface area (Å²) in [6, 6.07) is 7.17. The molecule has 1 N–H and O–H groups in total. The van der Waals surface area contributed by atoms with Crippen LogP contribution in [0.1, 0.15) is 64.7 Å². The Bertz CT molecular complexity index is 623. The molecule has 0 bridgehead atoms. The van der Waals surface area contributed by atoms with Crippen LogP contribution in [0.5, 0.6) is 5.75 Å². The van der Waals surface area contributed by atoms with Gasteiger partial charge in [0.2, 0.25) is 0 Å². The molecule has 0 saturated carbocycles. The van der Waals surface area contributed by atoms with E-state index in [0.717, 1.165) is 25.1 Å². The molecule has 4 rings (SSSR count). The fourth-order valence-corrected chi connectivity index (χ4v) is 4.45. The number of ether oxygens (including phenoxy) is 2. The summed E-state index contributed by atoms with van der Waals surface area (Å²) >= 11 is 0. The van der Waals surface area contributed by atoms with Crippen molar-refractivity contribution in [1.29, 1.82) is 0 Å². The van der Waals surface area contributed by atoms with Gasteiger partial charge in [-0.3, -0.25) is 0 Å². The van der Waals surface area contributed by atoms with E-state index < -0.39 is 0 Å². The van der Waals surface area contributed by atoms with Gasteiger partial charge in [-0.2, -0.15) is 0 Å². The van der Waals surface area contributed by atoms with Gasteiger partial charge in [0.15, 0.2) is 0 Å². The molecule has 134 valence electrons. The van der Waals surface area contributed by atoms with Crippen LogP contribution >= 0.6 is 12.4 Å². The molecule has 4 atom stereocenters. The first-order valence-corrected chi connectivity index (χ1v) is 8.98. The maximum absolute atomic E-state index is 6.60. The summed E-state index contributed by atoms with van der Waals surface area (Å²) in [5.41, 5.74) is 2.57. The van der Waals surface area contributed by atoms with Crippen molar-refractivity contribution < 1.29 is 9.47 Å². The smallest absolute Gasteiger partial charge is 0.125 e. The number of hydrogen-bond acceptors (Lipinski definition) is 3. The fourth-order valence-electron chi connectivity index (χ4n) is 4.45. The molecule has 0 amide bonds. The Labute approximate surface area is 151 Å². The number of benzene rings is 1. The lowest BCUT2D eigenvalue weighted by Gasteiger charge is -2.50. The van der Waals surface area contributed by atoms with E-state index >= 15 is 0 Å². The van der Waals surface area contributed by atoms with Crippen molar-refractivity contribution in [3.8, 4) is 5.75 Å². The molecular weight excluding hydrogens is 322 g/mol. The van der Waals surface area contributed by atoms with Gasteiger partial charge in [-0.15, -0.1) is 12.4 Å². The summed E-state index contributed by atoms with van der Waals surface area (Å²) in [5, 5.41) is 3.61. The van der Waals surface area contributed by atoms with E-state index in [4.69, 9.17) is 9.47 Å². The SMILES string of the molecule is CC(C)(C)c1ccc2c(c1)[C@@H]1O[C@@H]3CCN[C@@H]3C[C@H]1C(C)(C)O2.Cl. The minimum Gasteiger partial charge on any atom is -0.487 e. The molecule has 3 heterocycles. The standard InChI is InChI=1S/C20H29NO2.ClH/c1-19(2,3)12-6-7-16-13(10-12)18-14(20(4,5)23-16)11-15-17(22-18)8-9-21-15;/h6-7,10,14-15,17-18,21H,8-9,11H2,1-5H3;1H/t14-,15-,17-,18+;/m1./s1. The topological polar surface area (TPSA) is 30.5 Å². The van der Waals surface area contributed by atoms with E-state index in [0.29, 0.717) is 18.1 Å². The average Bonchev–Trinajstić information content (AvgIpc) is 2.91. The summed E-state index contributed by atoms with van der Waals surface area (Å²) in [6.45, 7) is 12.3.